The van der Waals surface area contributed by atoms with Gasteiger partial charge in [-0.05, 0) is 39.2 Å². The van der Waals surface area contributed by atoms with Gasteiger partial charge in [0.05, 0.1) is 30.4 Å². The third-order valence-electron chi connectivity index (χ3n) is 3.81. The number of aromatic nitrogens is 1. The van der Waals surface area contributed by atoms with Gasteiger partial charge in [0.1, 0.15) is 5.75 Å². The van der Waals surface area contributed by atoms with Crippen LogP contribution in [0.25, 0.3) is 0 Å². The first-order valence-electron chi connectivity index (χ1n) is 6.95. The van der Waals surface area contributed by atoms with Crippen molar-refractivity contribution < 1.29 is 14.3 Å². The molecule has 2 aliphatic heterocycles. The molecule has 2 bridgehead atoms. The van der Waals surface area contributed by atoms with Crippen molar-refractivity contribution in [1.29, 1.82) is 0 Å². The molecule has 0 aliphatic carbocycles. The highest BCUT2D eigenvalue weighted by Crippen LogP contribution is 2.40. The number of fused-ring (bicyclic) bond motifs is 2. The first kappa shape index (κ1) is 12.6. The first-order chi connectivity index (χ1) is 9.13. The van der Waals surface area contributed by atoms with Gasteiger partial charge in [0.25, 0.3) is 0 Å². The van der Waals surface area contributed by atoms with E-state index in [2.05, 4.69) is 4.98 Å². The molecule has 1 aromatic rings. The van der Waals surface area contributed by atoms with Crippen LogP contribution in [0.4, 0.5) is 0 Å². The molecule has 3 heterocycles. The SMILES string of the molecule is CC(C)Oc1cncc(C(=O)C2CC3CCC2O3)c1. The molecule has 0 N–H and O–H groups in total. The highest BCUT2D eigenvalue weighted by Gasteiger charge is 2.44. The zero-order valence-electron chi connectivity index (χ0n) is 11.3. The van der Waals surface area contributed by atoms with E-state index in [-0.39, 0.29) is 23.9 Å². The molecule has 4 heteroatoms. The van der Waals surface area contributed by atoms with Crippen LogP contribution in [0.5, 0.6) is 5.75 Å². The highest BCUT2D eigenvalue weighted by molar-refractivity contribution is 5.98. The summed E-state index contributed by atoms with van der Waals surface area (Å²) in [5.41, 5.74) is 0.638. The Labute approximate surface area is 113 Å². The molecule has 0 amide bonds. The summed E-state index contributed by atoms with van der Waals surface area (Å²) in [5, 5.41) is 0. The largest absolute Gasteiger partial charge is 0.489 e. The van der Waals surface area contributed by atoms with Crippen LogP contribution >= 0.6 is 0 Å². The van der Waals surface area contributed by atoms with Crippen molar-refractivity contribution in [3.63, 3.8) is 0 Å². The summed E-state index contributed by atoms with van der Waals surface area (Å²) in [7, 11) is 0. The fourth-order valence-electron chi connectivity index (χ4n) is 3.02. The lowest BCUT2D eigenvalue weighted by molar-refractivity contribution is 0.0742. The summed E-state index contributed by atoms with van der Waals surface area (Å²) in [5.74, 6) is 0.814. The number of hydrogen-bond donors (Lipinski definition) is 0. The molecular formula is C15H19NO3. The average molecular weight is 261 g/mol. The molecule has 19 heavy (non-hydrogen) atoms. The van der Waals surface area contributed by atoms with E-state index < -0.39 is 0 Å². The van der Waals surface area contributed by atoms with Gasteiger partial charge in [-0.1, -0.05) is 0 Å². The second-order valence-electron chi connectivity index (χ2n) is 5.66. The molecule has 0 radical (unpaired) electrons. The Hall–Kier alpha value is -1.42. The molecule has 2 fully saturated rings. The summed E-state index contributed by atoms with van der Waals surface area (Å²) in [6.07, 6.45) is 6.74. The number of ketones is 1. The molecular weight excluding hydrogens is 242 g/mol. The predicted octanol–water partition coefficient (Wildman–Crippen LogP) is 2.62. The van der Waals surface area contributed by atoms with Crippen molar-refractivity contribution in [2.24, 2.45) is 5.92 Å². The zero-order chi connectivity index (χ0) is 13.4. The molecule has 0 aromatic carbocycles. The Kier molecular flexibility index (Phi) is 3.27. The highest BCUT2D eigenvalue weighted by atomic mass is 16.5. The van der Waals surface area contributed by atoms with Gasteiger partial charge in [-0.3, -0.25) is 9.78 Å². The number of carbonyl (C=O) groups excluding carboxylic acids is 1. The molecule has 3 unspecified atom stereocenters. The number of carbonyl (C=O) groups is 1. The zero-order valence-corrected chi connectivity index (χ0v) is 11.3. The number of ether oxygens (including phenoxy) is 2. The predicted molar refractivity (Wildman–Crippen MR) is 70.3 cm³/mol. The topological polar surface area (TPSA) is 48.4 Å². The number of nitrogens with zero attached hydrogens (tertiary/aromatic N) is 1. The first-order valence-corrected chi connectivity index (χ1v) is 6.95. The maximum absolute atomic E-state index is 12.5. The van der Waals surface area contributed by atoms with E-state index in [1.165, 1.54) is 0 Å². The summed E-state index contributed by atoms with van der Waals surface area (Å²) in [6.45, 7) is 3.91. The van der Waals surface area contributed by atoms with E-state index in [0.29, 0.717) is 17.4 Å². The van der Waals surface area contributed by atoms with Gasteiger partial charge < -0.3 is 9.47 Å². The Bertz CT molecular complexity index is 486. The van der Waals surface area contributed by atoms with Crippen LogP contribution in [-0.4, -0.2) is 29.1 Å². The van der Waals surface area contributed by atoms with E-state index in [9.17, 15) is 4.79 Å². The van der Waals surface area contributed by atoms with Crippen LogP contribution in [-0.2, 0) is 4.74 Å². The van der Waals surface area contributed by atoms with Gasteiger partial charge in [-0.2, -0.15) is 0 Å². The van der Waals surface area contributed by atoms with E-state index in [1.807, 2.05) is 13.8 Å². The maximum atomic E-state index is 12.5. The van der Waals surface area contributed by atoms with Crippen molar-refractivity contribution in [2.75, 3.05) is 0 Å². The van der Waals surface area contributed by atoms with Gasteiger partial charge in [0, 0.05) is 11.8 Å². The molecule has 3 rings (SSSR count). The van der Waals surface area contributed by atoms with Gasteiger partial charge in [0.2, 0.25) is 0 Å². The smallest absolute Gasteiger partial charge is 0.170 e. The minimum Gasteiger partial charge on any atom is -0.489 e. The monoisotopic (exact) mass is 261 g/mol. The molecule has 102 valence electrons. The van der Waals surface area contributed by atoms with Gasteiger partial charge in [-0.15, -0.1) is 0 Å². The minimum absolute atomic E-state index is 0.00912. The van der Waals surface area contributed by atoms with Crippen LogP contribution in [0.2, 0.25) is 0 Å². The molecule has 4 nitrogen and oxygen atoms in total. The molecule has 1 aromatic heterocycles. The maximum Gasteiger partial charge on any atom is 0.170 e. The second kappa shape index (κ2) is 4.93. The Morgan fingerprint density at radius 2 is 2.26 bits per heavy atom. The third-order valence-corrected chi connectivity index (χ3v) is 3.81. The number of pyridine rings is 1. The molecule has 3 atom stereocenters. The van der Waals surface area contributed by atoms with Crippen LogP contribution in [0.1, 0.15) is 43.5 Å². The number of Topliss-reactive ketones (excluding diaryl/α,β-unsaturated/α-hetero) is 1. The second-order valence-corrected chi connectivity index (χ2v) is 5.66. The quantitative estimate of drug-likeness (QED) is 0.782. The Balaban J connectivity index is 1.76. The van der Waals surface area contributed by atoms with Crippen molar-refractivity contribution in [1.82, 2.24) is 4.98 Å². The number of rotatable bonds is 4. The lowest BCUT2D eigenvalue weighted by atomic mass is 9.84. The van der Waals surface area contributed by atoms with E-state index in [1.54, 1.807) is 18.5 Å². The van der Waals surface area contributed by atoms with Crippen LogP contribution in [0.15, 0.2) is 18.5 Å². The summed E-state index contributed by atoms with van der Waals surface area (Å²) < 4.78 is 11.3. The van der Waals surface area contributed by atoms with Gasteiger partial charge >= 0.3 is 0 Å². The van der Waals surface area contributed by atoms with Crippen LogP contribution < -0.4 is 4.74 Å². The van der Waals surface area contributed by atoms with E-state index >= 15 is 0 Å². The summed E-state index contributed by atoms with van der Waals surface area (Å²) >= 11 is 0. The molecule has 2 aliphatic rings. The molecule has 0 spiro atoms. The molecule has 0 saturated carbocycles. The van der Waals surface area contributed by atoms with Crippen molar-refractivity contribution in [3.05, 3.63) is 24.0 Å². The van der Waals surface area contributed by atoms with Gasteiger partial charge in [0.15, 0.2) is 5.78 Å². The van der Waals surface area contributed by atoms with Crippen LogP contribution in [0, 0.1) is 5.92 Å². The van der Waals surface area contributed by atoms with E-state index in [0.717, 1.165) is 19.3 Å². The fraction of sp³-hybridized carbons (Fsp3) is 0.600. The number of hydrogen-bond acceptors (Lipinski definition) is 4. The van der Waals surface area contributed by atoms with Crippen molar-refractivity contribution in [2.45, 2.75) is 51.4 Å². The fourth-order valence-corrected chi connectivity index (χ4v) is 3.02. The summed E-state index contributed by atoms with van der Waals surface area (Å²) in [4.78, 5) is 16.6. The standard InChI is InChI=1S/C15H19NO3/c1-9(2)18-12-5-10(7-16-8-12)15(17)13-6-11-3-4-14(13)19-11/h5,7-9,11,13-14H,3-4,6H2,1-2H3. The average Bonchev–Trinajstić information content (AvgIpc) is 2.99. The lowest BCUT2D eigenvalue weighted by Crippen LogP contribution is -2.25. The Morgan fingerprint density at radius 1 is 1.42 bits per heavy atom. The molecule has 2 saturated heterocycles. The van der Waals surface area contributed by atoms with Crippen LogP contribution in [0.3, 0.4) is 0 Å². The minimum atomic E-state index is 0.00912. The lowest BCUT2D eigenvalue weighted by Gasteiger charge is -2.17. The van der Waals surface area contributed by atoms with Crippen molar-refractivity contribution >= 4 is 5.78 Å². The van der Waals surface area contributed by atoms with E-state index in [4.69, 9.17) is 9.47 Å². The Morgan fingerprint density at radius 3 is 2.89 bits per heavy atom. The normalized spacial score (nSPS) is 28.9. The van der Waals surface area contributed by atoms with Crippen molar-refractivity contribution in [3.8, 4) is 5.75 Å². The van der Waals surface area contributed by atoms with Gasteiger partial charge in [-0.25, -0.2) is 0 Å². The third kappa shape index (κ3) is 2.50. The summed E-state index contributed by atoms with van der Waals surface area (Å²) in [6, 6.07) is 1.79.